The van der Waals surface area contributed by atoms with Crippen LogP contribution in [0, 0.1) is 13.8 Å². The Bertz CT molecular complexity index is 813. The minimum atomic E-state index is 0.767. The Morgan fingerprint density at radius 1 is 1.19 bits per heavy atom. The summed E-state index contributed by atoms with van der Waals surface area (Å²) in [6.07, 6.45) is 2.84. The number of nitrogens with zero attached hydrogens (tertiary/aromatic N) is 4. The van der Waals surface area contributed by atoms with E-state index in [-0.39, 0.29) is 0 Å². The zero-order valence-corrected chi connectivity index (χ0v) is 14.4. The summed E-state index contributed by atoms with van der Waals surface area (Å²) >= 11 is 3.68. The van der Waals surface area contributed by atoms with Gasteiger partial charge in [-0.15, -0.1) is 0 Å². The molecule has 0 unspecified atom stereocenters. The molecular formula is C16H19BrN4. The van der Waals surface area contributed by atoms with E-state index in [4.69, 9.17) is 0 Å². The molecule has 21 heavy (non-hydrogen) atoms. The quantitative estimate of drug-likeness (QED) is 0.723. The third-order valence-electron chi connectivity index (χ3n) is 4.06. The fourth-order valence-corrected chi connectivity index (χ4v) is 3.33. The summed E-state index contributed by atoms with van der Waals surface area (Å²) in [5.41, 5.74) is 7.06. The highest BCUT2D eigenvalue weighted by molar-refractivity contribution is 9.10. The van der Waals surface area contributed by atoms with Gasteiger partial charge in [0, 0.05) is 7.05 Å². The number of rotatable bonds is 3. The molecule has 0 saturated heterocycles. The van der Waals surface area contributed by atoms with E-state index in [1.54, 1.807) is 0 Å². The van der Waals surface area contributed by atoms with Gasteiger partial charge in [-0.25, -0.2) is 4.98 Å². The van der Waals surface area contributed by atoms with Gasteiger partial charge in [0.25, 0.3) is 0 Å². The molecule has 2 heterocycles. The Balaban J connectivity index is 2.06. The molecule has 0 aliphatic heterocycles. The van der Waals surface area contributed by atoms with Crippen LogP contribution in [0.1, 0.15) is 29.4 Å². The predicted molar refractivity (Wildman–Crippen MR) is 88.6 cm³/mol. The molecule has 0 radical (unpaired) electrons. The van der Waals surface area contributed by atoms with E-state index in [2.05, 4.69) is 63.5 Å². The fraction of sp³-hybridized carbons (Fsp3) is 0.375. The van der Waals surface area contributed by atoms with Crippen molar-refractivity contribution in [3.05, 3.63) is 45.4 Å². The van der Waals surface area contributed by atoms with Gasteiger partial charge in [0.15, 0.2) is 0 Å². The Hall–Kier alpha value is -1.62. The number of halogens is 1. The van der Waals surface area contributed by atoms with E-state index < -0.39 is 0 Å². The van der Waals surface area contributed by atoms with Gasteiger partial charge in [0.05, 0.1) is 39.8 Å². The lowest BCUT2D eigenvalue weighted by Gasteiger charge is -2.07. The maximum absolute atomic E-state index is 4.56. The summed E-state index contributed by atoms with van der Waals surface area (Å²) in [5, 5.41) is 4.56. The van der Waals surface area contributed by atoms with Crippen LogP contribution in [0.15, 0.2) is 22.9 Å². The summed E-state index contributed by atoms with van der Waals surface area (Å²) < 4.78 is 5.25. The number of fused-ring (bicyclic) bond motifs is 1. The number of hydrogen-bond donors (Lipinski definition) is 0. The number of benzene rings is 1. The lowest BCUT2D eigenvalue weighted by atomic mass is 10.1. The van der Waals surface area contributed by atoms with Crippen molar-refractivity contribution in [3.8, 4) is 0 Å². The van der Waals surface area contributed by atoms with E-state index in [0.717, 1.165) is 28.6 Å². The normalized spacial score (nSPS) is 11.5. The lowest BCUT2D eigenvalue weighted by molar-refractivity contribution is 0.666. The van der Waals surface area contributed by atoms with Crippen LogP contribution in [0.25, 0.3) is 11.0 Å². The third kappa shape index (κ3) is 2.39. The summed E-state index contributed by atoms with van der Waals surface area (Å²) in [7, 11) is 1.99. The topological polar surface area (TPSA) is 35.6 Å². The van der Waals surface area contributed by atoms with Crippen LogP contribution >= 0.6 is 15.9 Å². The average molecular weight is 347 g/mol. The molecule has 0 spiro atoms. The Morgan fingerprint density at radius 2 is 1.90 bits per heavy atom. The molecule has 0 bridgehead atoms. The molecule has 3 rings (SSSR count). The monoisotopic (exact) mass is 346 g/mol. The van der Waals surface area contributed by atoms with Crippen LogP contribution in [0.4, 0.5) is 0 Å². The molecule has 5 heteroatoms. The Morgan fingerprint density at radius 3 is 2.57 bits per heavy atom. The first kappa shape index (κ1) is 14.3. The van der Waals surface area contributed by atoms with Gasteiger partial charge < -0.3 is 4.57 Å². The zero-order valence-electron chi connectivity index (χ0n) is 12.8. The second-order valence-electron chi connectivity index (χ2n) is 5.48. The van der Waals surface area contributed by atoms with Gasteiger partial charge in [-0.2, -0.15) is 5.10 Å². The first-order valence-corrected chi connectivity index (χ1v) is 7.93. The third-order valence-corrected chi connectivity index (χ3v) is 4.97. The summed E-state index contributed by atoms with van der Waals surface area (Å²) in [5.74, 6) is 0. The molecular weight excluding hydrogens is 328 g/mol. The van der Waals surface area contributed by atoms with E-state index in [1.807, 2.05) is 18.1 Å². The van der Waals surface area contributed by atoms with Crippen molar-refractivity contribution in [2.75, 3.05) is 0 Å². The minimum Gasteiger partial charge on any atom is -0.324 e. The molecule has 3 aromatic rings. The van der Waals surface area contributed by atoms with E-state index in [9.17, 15) is 0 Å². The molecule has 1 aromatic carbocycles. The van der Waals surface area contributed by atoms with Gasteiger partial charge in [0.2, 0.25) is 0 Å². The molecule has 4 nitrogen and oxygen atoms in total. The van der Waals surface area contributed by atoms with Crippen molar-refractivity contribution in [1.29, 1.82) is 0 Å². The molecule has 0 N–H and O–H groups in total. The van der Waals surface area contributed by atoms with E-state index in [0.29, 0.717) is 0 Å². The summed E-state index contributed by atoms with van der Waals surface area (Å²) in [6, 6.07) is 4.36. The van der Waals surface area contributed by atoms with Gasteiger partial charge in [-0.3, -0.25) is 4.68 Å². The van der Waals surface area contributed by atoms with Crippen molar-refractivity contribution in [2.24, 2.45) is 7.05 Å². The van der Waals surface area contributed by atoms with Crippen molar-refractivity contribution >= 4 is 27.0 Å². The highest BCUT2D eigenvalue weighted by Crippen LogP contribution is 2.24. The molecule has 0 fully saturated rings. The zero-order chi connectivity index (χ0) is 15.1. The van der Waals surface area contributed by atoms with Crippen LogP contribution < -0.4 is 0 Å². The van der Waals surface area contributed by atoms with Crippen molar-refractivity contribution < 1.29 is 0 Å². The largest absolute Gasteiger partial charge is 0.324 e. The van der Waals surface area contributed by atoms with Gasteiger partial charge in [0.1, 0.15) is 0 Å². The molecule has 0 saturated carbocycles. The standard InChI is InChI=1S/C16H19BrN4/c1-5-12-16(17)15(20(4)19-12)8-21-9-18-13-6-10(2)11(3)7-14(13)21/h6-7,9H,5,8H2,1-4H3. The summed E-state index contributed by atoms with van der Waals surface area (Å²) in [6.45, 7) is 7.15. The van der Waals surface area contributed by atoms with E-state index in [1.165, 1.54) is 22.3 Å². The van der Waals surface area contributed by atoms with Crippen LogP contribution in [0.5, 0.6) is 0 Å². The highest BCUT2D eigenvalue weighted by atomic mass is 79.9. The van der Waals surface area contributed by atoms with Crippen molar-refractivity contribution in [3.63, 3.8) is 0 Å². The van der Waals surface area contributed by atoms with E-state index >= 15 is 0 Å². The van der Waals surface area contributed by atoms with Gasteiger partial charge >= 0.3 is 0 Å². The molecule has 0 atom stereocenters. The van der Waals surface area contributed by atoms with Crippen molar-refractivity contribution in [1.82, 2.24) is 19.3 Å². The number of hydrogen-bond acceptors (Lipinski definition) is 2. The SMILES string of the molecule is CCc1nn(C)c(Cn2cnc3cc(C)c(C)cc32)c1Br. The number of aryl methyl sites for hydroxylation is 4. The maximum Gasteiger partial charge on any atom is 0.0962 e. The van der Waals surface area contributed by atoms with Crippen LogP contribution in [-0.4, -0.2) is 19.3 Å². The minimum absolute atomic E-state index is 0.767. The smallest absolute Gasteiger partial charge is 0.0962 e. The summed E-state index contributed by atoms with van der Waals surface area (Å²) in [4.78, 5) is 4.52. The number of imidazole rings is 1. The molecule has 110 valence electrons. The van der Waals surface area contributed by atoms with Crippen LogP contribution in [0.3, 0.4) is 0 Å². The van der Waals surface area contributed by atoms with Gasteiger partial charge in [-0.1, -0.05) is 6.92 Å². The molecule has 2 aromatic heterocycles. The molecule has 0 aliphatic carbocycles. The lowest BCUT2D eigenvalue weighted by Crippen LogP contribution is -2.05. The number of aromatic nitrogens is 4. The second kappa shape index (κ2) is 5.30. The first-order chi connectivity index (χ1) is 10.0. The van der Waals surface area contributed by atoms with Crippen molar-refractivity contribution in [2.45, 2.75) is 33.7 Å². The van der Waals surface area contributed by atoms with Crippen LogP contribution in [-0.2, 0) is 20.0 Å². The highest BCUT2D eigenvalue weighted by Gasteiger charge is 2.14. The fourth-order valence-electron chi connectivity index (χ4n) is 2.59. The maximum atomic E-state index is 4.56. The van der Waals surface area contributed by atoms with Crippen LogP contribution in [0.2, 0.25) is 0 Å². The average Bonchev–Trinajstić information content (AvgIpc) is 2.95. The molecule has 0 aliphatic rings. The predicted octanol–water partition coefficient (Wildman–Crippen LogP) is 3.76. The Labute approximate surface area is 132 Å². The Kier molecular flexibility index (Phi) is 3.61. The van der Waals surface area contributed by atoms with Gasteiger partial charge in [-0.05, 0) is 59.5 Å². The first-order valence-electron chi connectivity index (χ1n) is 7.13. The second-order valence-corrected chi connectivity index (χ2v) is 6.28. The molecule has 0 amide bonds.